The van der Waals surface area contributed by atoms with Crippen molar-refractivity contribution in [3.05, 3.63) is 65.0 Å². The van der Waals surface area contributed by atoms with Gasteiger partial charge in [0.15, 0.2) is 0 Å². The average Bonchev–Trinajstić information content (AvgIpc) is 2.85. The number of anilines is 1. The van der Waals surface area contributed by atoms with E-state index in [-0.39, 0.29) is 17.6 Å². The molecule has 0 fully saturated rings. The second kappa shape index (κ2) is 6.04. The average molecular weight is 310 g/mol. The molecule has 2 aromatic rings. The van der Waals surface area contributed by atoms with Crippen molar-refractivity contribution in [3.63, 3.8) is 0 Å². The lowest BCUT2D eigenvalue weighted by Crippen LogP contribution is -2.22. The molecule has 0 spiro atoms. The molecule has 2 aromatic carbocycles. The first-order valence-electron chi connectivity index (χ1n) is 7.30. The first kappa shape index (κ1) is 15.0. The molecule has 116 valence electrons. The normalized spacial score (nSPS) is 14.5. The Kier molecular flexibility index (Phi) is 3.93. The van der Waals surface area contributed by atoms with Gasteiger partial charge in [0, 0.05) is 34.5 Å². The minimum Gasteiger partial charge on any atom is -0.352 e. The summed E-state index contributed by atoms with van der Waals surface area (Å²) in [4.78, 5) is 24.0. The summed E-state index contributed by atoms with van der Waals surface area (Å²) in [5, 5.41) is 5.42. The van der Waals surface area contributed by atoms with Gasteiger partial charge < -0.3 is 10.6 Å². The fraction of sp³-hybridized carbons (Fsp3) is 0.111. The molecule has 2 N–H and O–H groups in total. The maximum Gasteiger partial charge on any atom is 0.256 e. The van der Waals surface area contributed by atoms with Crippen molar-refractivity contribution in [1.82, 2.24) is 5.32 Å². The largest absolute Gasteiger partial charge is 0.352 e. The van der Waals surface area contributed by atoms with Crippen LogP contribution in [0.25, 0.3) is 11.6 Å². The summed E-state index contributed by atoms with van der Waals surface area (Å²) in [6.45, 7) is 2.36. The number of benzene rings is 2. The molecule has 0 unspecified atom stereocenters. The van der Waals surface area contributed by atoms with Crippen LogP contribution < -0.4 is 10.6 Å². The van der Waals surface area contributed by atoms with E-state index in [0.29, 0.717) is 34.5 Å². The van der Waals surface area contributed by atoms with E-state index in [2.05, 4.69) is 10.6 Å². The highest BCUT2D eigenvalue weighted by Gasteiger charge is 2.25. The Morgan fingerprint density at radius 2 is 2.04 bits per heavy atom. The maximum absolute atomic E-state index is 13.8. The van der Waals surface area contributed by atoms with Gasteiger partial charge in [-0.1, -0.05) is 24.3 Å². The fourth-order valence-electron chi connectivity index (χ4n) is 2.49. The lowest BCUT2D eigenvalue weighted by molar-refractivity contribution is -0.110. The zero-order valence-electron chi connectivity index (χ0n) is 12.5. The maximum atomic E-state index is 13.8. The van der Waals surface area contributed by atoms with Crippen molar-refractivity contribution < 1.29 is 14.0 Å². The topological polar surface area (TPSA) is 58.2 Å². The molecule has 1 aliphatic rings. The molecule has 0 aromatic heterocycles. The van der Waals surface area contributed by atoms with Crippen LogP contribution in [0.1, 0.15) is 28.4 Å². The second-order valence-electron chi connectivity index (χ2n) is 5.15. The van der Waals surface area contributed by atoms with Crippen LogP contribution in [0.4, 0.5) is 10.1 Å². The van der Waals surface area contributed by atoms with Gasteiger partial charge >= 0.3 is 0 Å². The molecule has 0 saturated carbocycles. The Morgan fingerprint density at radius 3 is 2.78 bits per heavy atom. The lowest BCUT2D eigenvalue weighted by Gasteiger charge is -2.04. The van der Waals surface area contributed by atoms with Crippen LogP contribution in [0.2, 0.25) is 0 Å². The summed E-state index contributed by atoms with van der Waals surface area (Å²) < 4.78 is 13.8. The third kappa shape index (κ3) is 2.85. The molecule has 0 atom stereocenters. The van der Waals surface area contributed by atoms with Gasteiger partial charge in [-0.3, -0.25) is 9.59 Å². The molecule has 0 aliphatic carbocycles. The van der Waals surface area contributed by atoms with Crippen LogP contribution in [0, 0.1) is 5.82 Å². The van der Waals surface area contributed by atoms with Crippen LogP contribution in [0.5, 0.6) is 0 Å². The molecule has 4 nitrogen and oxygen atoms in total. The molecule has 1 heterocycles. The number of hydrogen-bond donors (Lipinski definition) is 2. The SMILES string of the molecule is CCNC(=O)c1ccc2c(c1)NC(=O)C2=Cc1ccccc1F. The zero-order valence-corrected chi connectivity index (χ0v) is 12.5. The third-order valence-electron chi connectivity index (χ3n) is 3.61. The standard InChI is InChI=1S/C18H15FN2O2/c1-2-20-17(22)12-7-8-13-14(18(23)21-16(13)10-12)9-11-5-3-4-6-15(11)19/h3-10H,2H2,1H3,(H,20,22)(H,21,23). The van der Waals surface area contributed by atoms with E-state index in [1.165, 1.54) is 12.1 Å². The molecule has 5 heteroatoms. The van der Waals surface area contributed by atoms with Crippen molar-refractivity contribution in [2.75, 3.05) is 11.9 Å². The highest BCUT2D eigenvalue weighted by atomic mass is 19.1. The second-order valence-corrected chi connectivity index (χ2v) is 5.15. The van der Waals surface area contributed by atoms with Crippen LogP contribution in [-0.2, 0) is 4.79 Å². The molecule has 3 rings (SSSR count). The van der Waals surface area contributed by atoms with Gasteiger partial charge in [0.2, 0.25) is 0 Å². The Hall–Kier alpha value is -2.95. The van der Waals surface area contributed by atoms with Crippen molar-refractivity contribution in [1.29, 1.82) is 0 Å². The summed E-state index contributed by atoms with van der Waals surface area (Å²) in [6.07, 6.45) is 1.52. The molecule has 0 saturated heterocycles. The summed E-state index contributed by atoms with van der Waals surface area (Å²) in [7, 11) is 0. The molecular weight excluding hydrogens is 295 g/mol. The monoisotopic (exact) mass is 310 g/mol. The van der Waals surface area contributed by atoms with E-state index in [1.807, 2.05) is 6.92 Å². The predicted molar refractivity (Wildman–Crippen MR) is 87.3 cm³/mol. The first-order chi connectivity index (χ1) is 11.1. The number of rotatable bonds is 3. The zero-order chi connectivity index (χ0) is 16.4. The van der Waals surface area contributed by atoms with Gasteiger partial charge in [-0.15, -0.1) is 0 Å². The number of fused-ring (bicyclic) bond motifs is 1. The van der Waals surface area contributed by atoms with Gasteiger partial charge in [0.25, 0.3) is 11.8 Å². The van der Waals surface area contributed by atoms with Crippen molar-refractivity contribution in [2.24, 2.45) is 0 Å². The third-order valence-corrected chi connectivity index (χ3v) is 3.61. The Bertz CT molecular complexity index is 828. The Balaban J connectivity index is 2.00. The summed E-state index contributed by atoms with van der Waals surface area (Å²) in [5.74, 6) is -0.896. The van der Waals surface area contributed by atoms with Gasteiger partial charge in [-0.25, -0.2) is 4.39 Å². The predicted octanol–water partition coefficient (Wildman–Crippen LogP) is 3.07. The van der Waals surface area contributed by atoms with E-state index >= 15 is 0 Å². The van der Waals surface area contributed by atoms with Gasteiger partial charge in [0.1, 0.15) is 5.82 Å². The summed E-state index contributed by atoms with van der Waals surface area (Å²) >= 11 is 0. The summed E-state index contributed by atoms with van der Waals surface area (Å²) in [6, 6.07) is 11.2. The van der Waals surface area contributed by atoms with Crippen molar-refractivity contribution in [2.45, 2.75) is 6.92 Å². The molecular formula is C18H15FN2O2. The Labute approximate surface area is 133 Å². The number of carbonyl (C=O) groups excluding carboxylic acids is 2. The van der Waals surface area contributed by atoms with Crippen LogP contribution in [-0.4, -0.2) is 18.4 Å². The molecule has 0 bridgehead atoms. The number of carbonyl (C=O) groups is 2. The highest BCUT2D eigenvalue weighted by Crippen LogP contribution is 2.34. The Morgan fingerprint density at radius 1 is 1.26 bits per heavy atom. The van der Waals surface area contributed by atoms with Gasteiger partial charge in [-0.05, 0) is 31.2 Å². The van der Waals surface area contributed by atoms with Crippen molar-refractivity contribution in [3.8, 4) is 0 Å². The van der Waals surface area contributed by atoms with E-state index < -0.39 is 0 Å². The lowest BCUT2D eigenvalue weighted by atomic mass is 10.0. The highest BCUT2D eigenvalue weighted by molar-refractivity contribution is 6.35. The van der Waals surface area contributed by atoms with Gasteiger partial charge in [0.05, 0.1) is 0 Å². The molecule has 2 amide bonds. The minimum absolute atomic E-state index is 0.198. The quantitative estimate of drug-likeness (QED) is 0.856. The molecule has 0 radical (unpaired) electrons. The summed E-state index contributed by atoms with van der Waals surface area (Å²) in [5.41, 5.74) is 2.41. The van der Waals surface area contributed by atoms with Gasteiger partial charge in [-0.2, -0.15) is 0 Å². The molecule has 23 heavy (non-hydrogen) atoms. The van der Waals surface area contributed by atoms with E-state index in [0.717, 1.165) is 0 Å². The first-order valence-corrected chi connectivity index (χ1v) is 7.30. The number of nitrogens with one attached hydrogen (secondary N) is 2. The van der Waals surface area contributed by atoms with E-state index in [1.54, 1.807) is 36.4 Å². The van der Waals surface area contributed by atoms with Crippen LogP contribution >= 0.6 is 0 Å². The smallest absolute Gasteiger partial charge is 0.256 e. The van der Waals surface area contributed by atoms with E-state index in [4.69, 9.17) is 0 Å². The minimum atomic E-state index is -0.389. The number of amides is 2. The number of halogens is 1. The fourth-order valence-corrected chi connectivity index (χ4v) is 2.49. The molecule has 1 aliphatic heterocycles. The van der Waals surface area contributed by atoms with Crippen molar-refractivity contribution >= 4 is 29.2 Å². The van der Waals surface area contributed by atoms with Crippen LogP contribution in [0.3, 0.4) is 0 Å². The van der Waals surface area contributed by atoms with E-state index in [9.17, 15) is 14.0 Å². The van der Waals surface area contributed by atoms with Crippen LogP contribution in [0.15, 0.2) is 42.5 Å². The number of hydrogen-bond acceptors (Lipinski definition) is 2.